The zero-order valence-corrected chi connectivity index (χ0v) is 23.3. The SMILES string of the molecule is COC(=O)C(CCCCNC(=O)COCCOCCOCCN=[NH2+])NC(=O)COCCOCCOCCN=[N+]=[N-]. The molecule has 0 aliphatic carbocycles. The number of azide groups is 1. The molecule has 40 heavy (non-hydrogen) atoms. The first kappa shape index (κ1) is 37.1. The molecule has 1 unspecified atom stereocenters. The number of nitrogens with one attached hydrogen (secondary N) is 2. The summed E-state index contributed by atoms with van der Waals surface area (Å²) in [5.74, 6) is -1.28. The number of ether oxygens (including phenoxy) is 7. The molecule has 0 aromatic heterocycles. The topological polar surface area (TPSA) is 227 Å². The molecule has 2 amide bonds. The minimum atomic E-state index is -0.819. The van der Waals surface area contributed by atoms with Gasteiger partial charge >= 0.3 is 5.97 Å². The Morgan fingerprint density at radius 1 is 0.775 bits per heavy atom. The van der Waals surface area contributed by atoms with Crippen LogP contribution in [0.25, 0.3) is 10.4 Å². The molecule has 0 aliphatic heterocycles. The van der Waals surface area contributed by atoms with Gasteiger partial charge in [0.25, 0.3) is 0 Å². The van der Waals surface area contributed by atoms with Crippen molar-refractivity contribution in [2.75, 3.05) is 106 Å². The van der Waals surface area contributed by atoms with E-state index in [2.05, 4.69) is 25.8 Å². The predicted molar refractivity (Wildman–Crippen MR) is 139 cm³/mol. The summed E-state index contributed by atoms with van der Waals surface area (Å²) in [7, 11) is 1.24. The van der Waals surface area contributed by atoms with Gasteiger partial charge in [-0.25, -0.2) is 4.79 Å². The van der Waals surface area contributed by atoms with Crippen LogP contribution in [0.4, 0.5) is 0 Å². The zero-order valence-electron chi connectivity index (χ0n) is 23.3. The van der Waals surface area contributed by atoms with Gasteiger partial charge < -0.3 is 43.8 Å². The molecule has 0 fully saturated rings. The number of unbranched alkanes of at least 4 members (excludes halogenated alkanes) is 1. The Morgan fingerprint density at radius 3 is 1.85 bits per heavy atom. The van der Waals surface area contributed by atoms with Gasteiger partial charge in [-0.15, -0.1) is 0 Å². The first-order valence-corrected chi connectivity index (χ1v) is 13.0. The lowest BCUT2D eigenvalue weighted by Gasteiger charge is -2.16. The minimum Gasteiger partial charge on any atom is -0.467 e. The number of carbonyl (C=O) groups is 3. The molecule has 0 aromatic carbocycles. The summed E-state index contributed by atoms with van der Waals surface area (Å²) in [6, 6.07) is -0.819. The molecule has 0 radical (unpaired) electrons. The lowest BCUT2D eigenvalue weighted by Crippen LogP contribution is -2.43. The number of nitrogens with two attached hydrogens (primary N) is 1. The summed E-state index contributed by atoms with van der Waals surface area (Å²) in [5.41, 5.74) is 13.1. The molecule has 0 bridgehead atoms. The van der Waals surface area contributed by atoms with Crippen molar-refractivity contribution in [3.63, 3.8) is 0 Å². The van der Waals surface area contributed by atoms with E-state index in [-0.39, 0.29) is 45.5 Å². The summed E-state index contributed by atoms with van der Waals surface area (Å²) in [6.07, 6.45) is 1.50. The highest BCUT2D eigenvalue weighted by atomic mass is 16.6. The number of hydrogen-bond acceptors (Lipinski definition) is 12. The largest absolute Gasteiger partial charge is 0.467 e. The first-order valence-electron chi connectivity index (χ1n) is 13.0. The molecule has 0 spiro atoms. The molecule has 230 valence electrons. The van der Waals surface area contributed by atoms with Crippen LogP contribution in [-0.2, 0) is 47.5 Å². The molecule has 0 saturated heterocycles. The molecule has 0 aliphatic rings. The molecule has 1 atom stereocenters. The molecule has 0 aromatic rings. The Hall–Kier alpha value is -2.92. The molecule has 0 heterocycles. The van der Waals surface area contributed by atoms with E-state index in [1.165, 1.54) is 7.11 Å². The van der Waals surface area contributed by atoms with E-state index < -0.39 is 17.9 Å². The van der Waals surface area contributed by atoms with E-state index in [1.807, 2.05) is 0 Å². The summed E-state index contributed by atoms with van der Waals surface area (Å²) in [5, 5.41) is 12.1. The van der Waals surface area contributed by atoms with Crippen LogP contribution in [0.2, 0.25) is 0 Å². The lowest BCUT2D eigenvalue weighted by atomic mass is 10.1. The Bertz CT molecular complexity index is 726. The van der Waals surface area contributed by atoms with Crippen molar-refractivity contribution in [3.05, 3.63) is 10.4 Å². The summed E-state index contributed by atoms with van der Waals surface area (Å²) in [6.45, 7) is 4.14. The van der Waals surface area contributed by atoms with Crippen molar-refractivity contribution in [2.45, 2.75) is 25.3 Å². The van der Waals surface area contributed by atoms with Crippen molar-refractivity contribution < 1.29 is 53.1 Å². The lowest BCUT2D eigenvalue weighted by molar-refractivity contribution is -0.223. The molecule has 17 nitrogen and oxygen atoms in total. The Balaban J connectivity index is 3.79. The van der Waals surface area contributed by atoms with Crippen LogP contribution in [0.15, 0.2) is 10.2 Å². The number of hydrogen-bond donors (Lipinski definition) is 3. The van der Waals surface area contributed by atoms with Crippen LogP contribution in [0.3, 0.4) is 0 Å². The highest BCUT2D eigenvalue weighted by Crippen LogP contribution is 2.03. The van der Waals surface area contributed by atoms with Gasteiger partial charge in [0, 0.05) is 18.0 Å². The fraction of sp³-hybridized carbons (Fsp3) is 0.870. The van der Waals surface area contributed by atoms with Gasteiger partial charge in [0.1, 0.15) is 25.8 Å². The minimum absolute atomic E-state index is 0.0869. The van der Waals surface area contributed by atoms with Gasteiger partial charge in [-0.1, -0.05) is 5.11 Å². The molecule has 4 N–H and O–H groups in total. The zero-order chi connectivity index (χ0) is 29.5. The van der Waals surface area contributed by atoms with Gasteiger partial charge in [-0.2, -0.15) is 5.53 Å². The number of rotatable bonds is 29. The standard InChI is InChI=1S/C23H43N7O10/c1-34-23(33)20(29-22(32)19-40-17-15-38-13-11-36-9-7-28-30-25)4-2-3-5-26-21(31)18-39-16-14-37-12-10-35-8-6-27-24/h20,24H,2-19H2,1H3,(H,26,31)(H,29,32)/p+1. The van der Waals surface area contributed by atoms with E-state index >= 15 is 0 Å². The average Bonchev–Trinajstić information content (AvgIpc) is 2.95. The monoisotopic (exact) mass is 578 g/mol. The molecule has 0 rings (SSSR count). The normalized spacial score (nSPS) is 11.3. The summed E-state index contributed by atoms with van der Waals surface area (Å²) in [4.78, 5) is 38.6. The van der Waals surface area contributed by atoms with Gasteiger partial charge in [0.2, 0.25) is 11.8 Å². The van der Waals surface area contributed by atoms with Crippen molar-refractivity contribution >= 4 is 17.8 Å². The van der Waals surface area contributed by atoms with Gasteiger partial charge in [0.05, 0.1) is 73.2 Å². The average molecular weight is 579 g/mol. The van der Waals surface area contributed by atoms with Crippen LogP contribution >= 0.6 is 0 Å². The first-order chi connectivity index (χ1) is 19.5. The van der Waals surface area contributed by atoms with E-state index in [0.29, 0.717) is 78.6 Å². The maximum atomic E-state index is 12.1. The fourth-order valence-electron chi connectivity index (χ4n) is 2.86. The Morgan fingerprint density at radius 2 is 1.30 bits per heavy atom. The van der Waals surface area contributed by atoms with E-state index in [1.54, 1.807) is 0 Å². The van der Waals surface area contributed by atoms with Crippen LogP contribution in [0.1, 0.15) is 19.3 Å². The second-order valence-electron chi connectivity index (χ2n) is 7.90. The van der Waals surface area contributed by atoms with E-state index in [0.717, 1.165) is 0 Å². The second-order valence-corrected chi connectivity index (χ2v) is 7.90. The predicted octanol–water partition coefficient (Wildman–Crippen LogP) is -1.45. The fourth-order valence-corrected chi connectivity index (χ4v) is 2.86. The third-order valence-corrected chi connectivity index (χ3v) is 4.78. The highest BCUT2D eigenvalue weighted by Gasteiger charge is 2.21. The number of methoxy groups -OCH3 is 1. The summed E-state index contributed by atoms with van der Waals surface area (Å²) >= 11 is 0. The van der Waals surface area contributed by atoms with Crippen LogP contribution in [0, 0.1) is 0 Å². The molecule has 0 saturated carbocycles. The van der Waals surface area contributed by atoms with Crippen LogP contribution in [-0.4, -0.2) is 130 Å². The number of nitrogens with zero attached hydrogens (tertiary/aromatic N) is 4. The third kappa shape index (κ3) is 25.4. The molecular formula is C23H44N7O10+. The quantitative estimate of drug-likeness (QED) is 0.0307. The molecule has 17 heteroatoms. The second kappa shape index (κ2) is 29.1. The van der Waals surface area contributed by atoms with Gasteiger partial charge in [-0.3, -0.25) is 9.59 Å². The van der Waals surface area contributed by atoms with Gasteiger partial charge in [0.15, 0.2) is 0 Å². The maximum Gasteiger partial charge on any atom is 0.328 e. The summed E-state index contributed by atoms with van der Waals surface area (Å²) < 4.78 is 36.3. The number of carbonyl (C=O) groups excluding carboxylic acids is 3. The smallest absolute Gasteiger partial charge is 0.328 e. The van der Waals surface area contributed by atoms with Gasteiger partial charge in [-0.05, 0) is 29.9 Å². The maximum absolute atomic E-state index is 12.1. The molecular weight excluding hydrogens is 534 g/mol. The highest BCUT2D eigenvalue weighted by molar-refractivity contribution is 5.85. The number of amides is 2. The van der Waals surface area contributed by atoms with Crippen molar-refractivity contribution in [2.24, 2.45) is 10.2 Å². The Labute approximate surface area is 234 Å². The van der Waals surface area contributed by atoms with Crippen molar-refractivity contribution in [1.82, 2.24) is 10.6 Å². The third-order valence-electron chi connectivity index (χ3n) is 4.78. The van der Waals surface area contributed by atoms with Crippen LogP contribution in [0.5, 0.6) is 0 Å². The Kier molecular flexibility index (Phi) is 26.9. The van der Waals surface area contributed by atoms with E-state index in [4.69, 9.17) is 44.2 Å². The van der Waals surface area contributed by atoms with Crippen molar-refractivity contribution in [1.29, 1.82) is 0 Å². The van der Waals surface area contributed by atoms with Crippen LogP contribution < -0.4 is 16.2 Å². The van der Waals surface area contributed by atoms with E-state index in [9.17, 15) is 14.4 Å². The van der Waals surface area contributed by atoms with Crippen molar-refractivity contribution in [3.8, 4) is 0 Å². The number of esters is 1.